The van der Waals surface area contributed by atoms with Crippen LogP contribution >= 0.6 is 11.8 Å². The van der Waals surface area contributed by atoms with Crippen molar-refractivity contribution >= 4 is 17.5 Å². The summed E-state index contributed by atoms with van der Waals surface area (Å²) in [5.74, 6) is 2.55. The highest BCUT2D eigenvalue weighted by Crippen LogP contribution is 2.55. The van der Waals surface area contributed by atoms with Crippen molar-refractivity contribution in [2.45, 2.75) is 30.9 Å². The van der Waals surface area contributed by atoms with E-state index in [0.29, 0.717) is 22.9 Å². The zero-order valence-electron chi connectivity index (χ0n) is 7.98. The summed E-state index contributed by atoms with van der Waals surface area (Å²) in [5.41, 5.74) is 0. The van der Waals surface area contributed by atoms with Crippen molar-refractivity contribution in [1.82, 2.24) is 0 Å². The predicted molar refractivity (Wildman–Crippen MR) is 54.4 cm³/mol. The Morgan fingerprint density at radius 2 is 2.14 bits per heavy atom. The highest BCUT2D eigenvalue weighted by Gasteiger charge is 2.53. The van der Waals surface area contributed by atoms with Gasteiger partial charge in [-0.3, -0.25) is 4.79 Å². The zero-order chi connectivity index (χ0) is 9.71. The molecule has 0 aromatic rings. The molecule has 0 aromatic carbocycles. The van der Waals surface area contributed by atoms with Gasteiger partial charge in [0.1, 0.15) is 11.2 Å². The van der Waals surface area contributed by atoms with Gasteiger partial charge in [0.25, 0.3) is 0 Å². The lowest BCUT2D eigenvalue weighted by Crippen LogP contribution is -2.52. The maximum Gasteiger partial charge on any atom is 0.140 e. The van der Waals surface area contributed by atoms with Crippen molar-refractivity contribution in [3.63, 3.8) is 0 Å². The number of rotatable bonds is 1. The van der Waals surface area contributed by atoms with Crippen LogP contribution in [0.1, 0.15) is 25.7 Å². The van der Waals surface area contributed by atoms with E-state index in [9.17, 15) is 4.79 Å². The van der Waals surface area contributed by atoms with Gasteiger partial charge in [0.05, 0.1) is 0 Å². The van der Waals surface area contributed by atoms with Crippen LogP contribution in [0.5, 0.6) is 0 Å². The monoisotopic (exact) mass is 207 g/mol. The van der Waals surface area contributed by atoms with Crippen LogP contribution < -0.4 is 0 Å². The van der Waals surface area contributed by atoms with Crippen LogP contribution in [0.3, 0.4) is 0 Å². The molecule has 0 saturated heterocycles. The molecular formula is C11H13NOS. The standard InChI is InChI=1S/C11H13NOS/c12-5-14-11-8-2-6-1-7(4-8)10(13)9(11)3-6/h6-9,11H,1-4H2/t6-,7+,8-,9+,11-/m1/s1. The molecule has 0 N–H and O–H groups in total. The second-order valence-electron chi connectivity index (χ2n) is 4.95. The summed E-state index contributed by atoms with van der Waals surface area (Å²) >= 11 is 1.36. The number of carbonyl (C=O) groups excluding carboxylic acids is 1. The van der Waals surface area contributed by atoms with Gasteiger partial charge in [0.15, 0.2) is 0 Å². The van der Waals surface area contributed by atoms with Crippen LogP contribution in [0.25, 0.3) is 0 Å². The van der Waals surface area contributed by atoms with Crippen LogP contribution in [0.2, 0.25) is 0 Å². The van der Waals surface area contributed by atoms with Crippen LogP contribution in [-0.2, 0) is 4.79 Å². The van der Waals surface area contributed by atoms with E-state index < -0.39 is 0 Å². The van der Waals surface area contributed by atoms with Gasteiger partial charge >= 0.3 is 0 Å². The Bertz CT molecular complexity index is 322. The third-order valence-electron chi connectivity index (χ3n) is 4.25. The average molecular weight is 207 g/mol. The molecule has 4 fully saturated rings. The molecule has 4 aliphatic carbocycles. The molecule has 4 saturated carbocycles. The molecule has 3 heteroatoms. The lowest BCUT2D eigenvalue weighted by Gasteiger charge is -2.52. The molecule has 5 atom stereocenters. The normalized spacial score (nSPS) is 49.4. The quantitative estimate of drug-likeness (QED) is 0.619. The number of carbonyl (C=O) groups is 1. The molecular weight excluding hydrogens is 194 g/mol. The largest absolute Gasteiger partial charge is 0.299 e. The lowest BCUT2D eigenvalue weighted by atomic mass is 9.55. The summed E-state index contributed by atoms with van der Waals surface area (Å²) in [4.78, 5) is 11.9. The van der Waals surface area contributed by atoms with Crippen LogP contribution in [0.15, 0.2) is 0 Å². The summed E-state index contributed by atoms with van der Waals surface area (Å²) in [6, 6.07) is 0. The lowest BCUT2D eigenvalue weighted by molar-refractivity contribution is -0.139. The second-order valence-corrected chi connectivity index (χ2v) is 5.91. The van der Waals surface area contributed by atoms with Crippen molar-refractivity contribution in [2.24, 2.45) is 23.7 Å². The molecule has 14 heavy (non-hydrogen) atoms. The SMILES string of the molecule is N#CS[C@@H]1[C@@H]2C[C@H]3C[C@@H](C2)C(=O)[C@@H]1C3. The Labute approximate surface area is 88.0 Å². The Hall–Kier alpha value is -0.490. The van der Waals surface area contributed by atoms with E-state index in [-0.39, 0.29) is 5.92 Å². The molecule has 74 valence electrons. The van der Waals surface area contributed by atoms with E-state index >= 15 is 0 Å². The number of thioether (sulfide) groups is 1. The molecule has 0 spiro atoms. The number of ketones is 1. The highest BCUT2D eigenvalue weighted by molar-refractivity contribution is 8.04. The fraction of sp³-hybridized carbons (Fsp3) is 0.818. The van der Waals surface area contributed by atoms with Crippen LogP contribution in [-0.4, -0.2) is 11.0 Å². The van der Waals surface area contributed by atoms with Crippen molar-refractivity contribution in [1.29, 1.82) is 5.26 Å². The first-order chi connectivity index (χ1) is 6.79. The maximum atomic E-state index is 11.9. The molecule has 0 unspecified atom stereocenters. The Balaban J connectivity index is 1.90. The van der Waals surface area contributed by atoms with Crippen LogP contribution in [0, 0.1) is 34.3 Å². The fourth-order valence-electron chi connectivity index (χ4n) is 3.82. The minimum absolute atomic E-state index is 0.232. The van der Waals surface area contributed by atoms with E-state index in [4.69, 9.17) is 5.26 Å². The van der Waals surface area contributed by atoms with Gasteiger partial charge in [-0.1, -0.05) is 0 Å². The molecule has 4 rings (SSSR count). The molecule has 4 bridgehead atoms. The molecule has 0 heterocycles. The first-order valence-electron chi connectivity index (χ1n) is 5.38. The number of nitriles is 1. The number of Topliss-reactive ketones (excluding diaryl/α,β-unsaturated/α-hetero) is 1. The molecule has 0 aromatic heterocycles. The van der Waals surface area contributed by atoms with Crippen molar-refractivity contribution in [3.05, 3.63) is 0 Å². The first-order valence-corrected chi connectivity index (χ1v) is 6.26. The number of hydrogen-bond acceptors (Lipinski definition) is 3. The minimum atomic E-state index is 0.232. The Morgan fingerprint density at radius 1 is 1.29 bits per heavy atom. The van der Waals surface area contributed by atoms with E-state index in [1.165, 1.54) is 18.2 Å². The van der Waals surface area contributed by atoms with E-state index in [1.54, 1.807) is 0 Å². The fourth-order valence-corrected chi connectivity index (χ4v) is 4.77. The number of thiocyanates is 1. The summed E-state index contributed by atoms with van der Waals surface area (Å²) in [5, 5.41) is 11.3. The van der Waals surface area contributed by atoms with Crippen molar-refractivity contribution in [2.75, 3.05) is 0 Å². The zero-order valence-corrected chi connectivity index (χ0v) is 8.80. The molecule has 0 aliphatic heterocycles. The number of hydrogen-bond donors (Lipinski definition) is 0. The Kier molecular flexibility index (Phi) is 1.88. The highest BCUT2D eigenvalue weighted by atomic mass is 32.2. The van der Waals surface area contributed by atoms with Gasteiger partial charge < -0.3 is 0 Å². The Morgan fingerprint density at radius 3 is 2.93 bits per heavy atom. The molecule has 0 radical (unpaired) electrons. The van der Waals surface area contributed by atoms with Gasteiger partial charge in [-0.15, -0.1) is 0 Å². The van der Waals surface area contributed by atoms with Crippen molar-refractivity contribution in [3.8, 4) is 5.40 Å². The predicted octanol–water partition coefficient (Wildman–Crippen LogP) is 2.20. The second kappa shape index (κ2) is 3.00. The van der Waals surface area contributed by atoms with Crippen molar-refractivity contribution < 1.29 is 4.79 Å². The third kappa shape index (κ3) is 1.07. The van der Waals surface area contributed by atoms with E-state index in [0.717, 1.165) is 25.2 Å². The van der Waals surface area contributed by atoms with Gasteiger partial charge in [-0.2, -0.15) is 5.26 Å². The summed E-state index contributed by atoms with van der Waals surface area (Å²) in [6.07, 6.45) is 4.58. The van der Waals surface area contributed by atoms with Crippen LogP contribution in [0.4, 0.5) is 0 Å². The summed E-state index contributed by atoms with van der Waals surface area (Å²) < 4.78 is 0. The van der Waals surface area contributed by atoms with Gasteiger partial charge in [0.2, 0.25) is 0 Å². The summed E-state index contributed by atoms with van der Waals surface area (Å²) in [6.45, 7) is 0. The van der Waals surface area contributed by atoms with Gasteiger partial charge in [-0.25, -0.2) is 0 Å². The minimum Gasteiger partial charge on any atom is -0.299 e. The average Bonchev–Trinajstić information content (AvgIpc) is 2.18. The van der Waals surface area contributed by atoms with E-state index in [2.05, 4.69) is 5.40 Å². The summed E-state index contributed by atoms with van der Waals surface area (Å²) in [7, 11) is 0. The van der Waals surface area contributed by atoms with E-state index in [1.807, 2.05) is 0 Å². The smallest absolute Gasteiger partial charge is 0.140 e. The first kappa shape index (κ1) is 8.79. The maximum absolute atomic E-state index is 11.9. The van der Waals surface area contributed by atoms with Gasteiger partial charge in [0, 0.05) is 17.1 Å². The molecule has 4 aliphatic rings. The van der Waals surface area contributed by atoms with Gasteiger partial charge in [-0.05, 0) is 49.3 Å². The number of nitrogens with zero attached hydrogens (tertiary/aromatic N) is 1. The third-order valence-corrected chi connectivity index (χ3v) is 5.34. The molecule has 0 amide bonds. The topological polar surface area (TPSA) is 40.9 Å². The molecule has 2 nitrogen and oxygen atoms in total.